The lowest BCUT2D eigenvalue weighted by molar-refractivity contribution is -0.139. The highest BCUT2D eigenvalue weighted by molar-refractivity contribution is 5.86. The summed E-state index contributed by atoms with van der Waals surface area (Å²) in [7, 11) is 0. The van der Waals surface area contributed by atoms with Gasteiger partial charge in [0.15, 0.2) is 0 Å². The molecular formula is C26H21F6NO2. The van der Waals surface area contributed by atoms with E-state index in [4.69, 9.17) is 4.74 Å². The van der Waals surface area contributed by atoms with Gasteiger partial charge in [0.1, 0.15) is 0 Å². The van der Waals surface area contributed by atoms with Crippen LogP contribution in [0.3, 0.4) is 0 Å². The first-order chi connectivity index (χ1) is 16.4. The highest BCUT2D eigenvalue weighted by Gasteiger charge is 2.31. The fourth-order valence-corrected chi connectivity index (χ4v) is 3.24. The molecule has 0 unspecified atom stereocenters. The number of halogens is 6. The lowest BCUT2D eigenvalue weighted by Crippen LogP contribution is -2.12. The molecule has 3 aromatic rings. The SMILES string of the molecule is C=C(C)C(=O)OCCc1ccc(N(c2ccc(C(F)(F)F)cc2)c2ccc(C(F)(F)F)cc2)cc1. The number of esters is 1. The van der Waals surface area contributed by atoms with Crippen molar-refractivity contribution in [3.8, 4) is 0 Å². The molecule has 3 rings (SSSR count). The highest BCUT2D eigenvalue weighted by atomic mass is 19.4. The Labute approximate surface area is 198 Å². The molecule has 35 heavy (non-hydrogen) atoms. The summed E-state index contributed by atoms with van der Waals surface area (Å²) in [6.45, 7) is 5.17. The van der Waals surface area contributed by atoms with Gasteiger partial charge in [-0.3, -0.25) is 0 Å². The van der Waals surface area contributed by atoms with Crippen molar-refractivity contribution < 1.29 is 35.9 Å². The van der Waals surface area contributed by atoms with Crippen LogP contribution in [-0.2, 0) is 28.3 Å². The number of anilines is 3. The van der Waals surface area contributed by atoms with Crippen LogP contribution in [0.4, 0.5) is 43.4 Å². The van der Waals surface area contributed by atoms with Gasteiger partial charge in [-0.15, -0.1) is 0 Å². The zero-order chi connectivity index (χ0) is 25.8. The van der Waals surface area contributed by atoms with Crippen molar-refractivity contribution in [2.24, 2.45) is 0 Å². The Kier molecular flexibility index (Phi) is 7.57. The lowest BCUT2D eigenvalue weighted by atomic mass is 10.1. The minimum atomic E-state index is -4.52. The molecule has 0 fully saturated rings. The molecule has 0 bridgehead atoms. The summed E-state index contributed by atoms with van der Waals surface area (Å²) in [5, 5.41) is 0. The van der Waals surface area contributed by atoms with E-state index >= 15 is 0 Å². The Morgan fingerprint density at radius 3 is 1.46 bits per heavy atom. The van der Waals surface area contributed by atoms with Gasteiger partial charge in [0.25, 0.3) is 0 Å². The normalized spacial score (nSPS) is 11.7. The highest BCUT2D eigenvalue weighted by Crippen LogP contribution is 2.38. The average molecular weight is 493 g/mol. The van der Waals surface area contributed by atoms with E-state index in [1.54, 1.807) is 29.2 Å². The molecule has 0 aliphatic heterocycles. The van der Waals surface area contributed by atoms with E-state index < -0.39 is 29.4 Å². The van der Waals surface area contributed by atoms with Gasteiger partial charge in [-0.05, 0) is 73.2 Å². The number of benzene rings is 3. The van der Waals surface area contributed by atoms with Gasteiger partial charge < -0.3 is 9.64 Å². The fraction of sp³-hybridized carbons (Fsp3) is 0.192. The second-order valence-electron chi connectivity index (χ2n) is 7.76. The van der Waals surface area contributed by atoms with Crippen LogP contribution >= 0.6 is 0 Å². The van der Waals surface area contributed by atoms with Crippen molar-refractivity contribution in [1.82, 2.24) is 0 Å². The minimum Gasteiger partial charge on any atom is -0.462 e. The van der Waals surface area contributed by atoms with Gasteiger partial charge >= 0.3 is 18.3 Å². The van der Waals surface area contributed by atoms with Crippen LogP contribution in [0.15, 0.2) is 84.9 Å². The Morgan fingerprint density at radius 2 is 1.11 bits per heavy atom. The summed E-state index contributed by atoms with van der Waals surface area (Å²) in [6.07, 6.45) is -8.63. The van der Waals surface area contributed by atoms with Crippen LogP contribution in [0, 0.1) is 0 Å². The number of rotatable bonds is 7. The van der Waals surface area contributed by atoms with Crippen LogP contribution in [0.2, 0.25) is 0 Å². The molecule has 0 saturated heterocycles. The van der Waals surface area contributed by atoms with Crippen molar-refractivity contribution in [3.05, 3.63) is 102 Å². The molecule has 3 aromatic carbocycles. The van der Waals surface area contributed by atoms with Gasteiger partial charge in [-0.2, -0.15) is 26.3 Å². The molecule has 9 heteroatoms. The van der Waals surface area contributed by atoms with E-state index in [9.17, 15) is 31.1 Å². The first-order valence-corrected chi connectivity index (χ1v) is 10.4. The van der Waals surface area contributed by atoms with Crippen molar-refractivity contribution in [3.63, 3.8) is 0 Å². The Balaban J connectivity index is 1.91. The molecule has 3 nitrogen and oxygen atoms in total. The Hall–Kier alpha value is -3.75. The number of ether oxygens (including phenoxy) is 1. The van der Waals surface area contributed by atoms with Crippen LogP contribution in [0.5, 0.6) is 0 Å². The fourth-order valence-electron chi connectivity index (χ4n) is 3.24. The number of alkyl halides is 6. The van der Waals surface area contributed by atoms with Crippen molar-refractivity contribution in [1.29, 1.82) is 0 Å². The molecule has 184 valence electrons. The van der Waals surface area contributed by atoms with Gasteiger partial charge in [-0.25, -0.2) is 4.79 Å². The summed E-state index contributed by atoms with van der Waals surface area (Å²) in [5.74, 6) is -0.502. The van der Waals surface area contributed by atoms with E-state index in [0.717, 1.165) is 29.8 Å². The smallest absolute Gasteiger partial charge is 0.416 e. The molecular weight excluding hydrogens is 472 g/mol. The lowest BCUT2D eigenvalue weighted by Gasteiger charge is -2.26. The first kappa shape index (κ1) is 25.9. The summed E-state index contributed by atoms with van der Waals surface area (Å²) in [4.78, 5) is 13.0. The second kappa shape index (κ2) is 10.2. The minimum absolute atomic E-state index is 0.132. The number of carbonyl (C=O) groups excluding carboxylic acids is 1. The molecule has 0 N–H and O–H groups in total. The number of hydrogen-bond acceptors (Lipinski definition) is 3. The zero-order valence-electron chi connectivity index (χ0n) is 18.6. The predicted octanol–water partition coefficient (Wildman–Crippen LogP) is 7.86. The number of nitrogens with zero attached hydrogens (tertiary/aromatic N) is 1. The summed E-state index contributed by atoms with van der Waals surface area (Å²) >= 11 is 0. The summed E-state index contributed by atoms with van der Waals surface area (Å²) in [5.41, 5.74) is 0.614. The third-order valence-corrected chi connectivity index (χ3v) is 5.07. The monoisotopic (exact) mass is 493 g/mol. The second-order valence-corrected chi connectivity index (χ2v) is 7.76. The van der Waals surface area contributed by atoms with E-state index in [2.05, 4.69) is 6.58 Å². The molecule has 0 spiro atoms. The van der Waals surface area contributed by atoms with Gasteiger partial charge in [0.2, 0.25) is 0 Å². The molecule has 0 radical (unpaired) electrons. The van der Waals surface area contributed by atoms with Crippen LogP contribution in [0.1, 0.15) is 23.6 Å². The first-order valence-electron chi connectivity index (χ1n) is 10.4. The quantitative estimate of drug-likeness (QED) is 0.191. The molecule has 0 heterocycles. The van der Waals surface area contributed by atoms with Gasteiger partial charge in [0, 0.05) is 29.1 Å². The van der Waals surface area contributed by atoms with Crippen LogP contribution < -0.4 is 4.90 Å². The van der Waals surface area contributed by atoms with Gasteiger partial charge in [-0.1, -0.05) is 18.7 Å². The van der Waals surface area contributed by atoms with E-state index in [-0.39, 0.29) is 12.2 Å². The van der Waals surface area contributed by atoms with Crippen molar-refractivity contribution in [2.45, 2.75) is 25.7 Å². The standard InChI is InChI=1S/C26H21F6NO2/c1-17(2)24(34)35-16-15-18-3-9-21(10-4-18)33(22-11-5-19(6-12-22)25(27,28)29)23-13-7-20(8-14-23)26(30,31)32/h3-14H,1,15-16H2,2H3. The van der Waals surface area contributed by atoms with Crippen molar-refractivity contribution >= 4 is 23.0 Å². The maximum atomic E-state index is 13.0. The van der Waals surface area contributed by atoms with Crippen LogP contribution in [-0.4, -0.2) is 12.6 Å². The maximum absolute atomic E-state index is 13.0. The number of carbonyl (C=O) groups is 1. The molecule has 0 aromatic heterocycles. The van der Waals surface area contributed by atoms with E-state index in [0.29, 0.717) is 23.5 Å². The average Bonchev–Trinajstić information content (AvgIpc) is 2.79. The zero-order valence-corrected chi connectivity index (χ0v) is 18.6. The van der Waals surface area contributed by atoms with Crippen LogP contribution in [0.25, 0.3) is 0 Å². The summed E-state index contributed by atoms with van der Waals surface area (Å²) in [6, 6.07) is 15.5. The van der Waals surface area contributed by atoms with Gasteiger partial charge in [0.05, 0.1) is 17.7 Å². The molecule has 0 saturated carbocycles. The largest absolute Gasteiger partial charge is 0.462 e. The van der Waals surface area contributed by atoms with Crippen molar-refractivity contribution in [2.75, 3.05) is 11.5 Å². The Morgan fingerprint density at radius 1 is 0.743 bits per heavy atom. The molecule has 0 atom stereocenters. The summed E-state index contributed by atoms with van der Waals surface area (Å²) < 4.78 is 83.1. The number of hydrogen-bond donors (Lipinski definition) is 0. The third kappa shape index (κ3) is 6.65. The topological polar surface area (TPSA) is 29.5 Å². The third-order valence-electron chi connectivity index (χ3n) is 5.07. The Bertz CT molecular complexity index is 1110. The predicted molar refractivity (Wildman–Crippen MR) is 121 cm³/mol. The maximum Gasteiger partial charge on any atom is 0.416 e. The molecule has 0 amide bonds. The molecule has 0 aliphatic carbocycles. The van der Waals surface area contributed by atoms with E-state index in [1.807, 2.05) is 0 Å². The van der Waals surface area contributed by atoms with E-state index in [1.165, 1.54) is 31.2 Å². The molecule has 0 aliphatic rings.